The molecule has 0 saturated carbocycles. The first-order chi connectivity index (χ1) is 17.2. The zero-order valence-electron chi connectivity index (χ0n) is 21.5. The third-order valence-corrected chi connectivity index (χ3v) is 6.34. The Morgan fingerprint density at radius 3 is 2.33 bits per heavy atom. The molecule has 5 nitrogen and oxygen atoms in total. The number of carbonyl (C=O) groups is 2. The van der Waals surface area contributed by atoms with E-state index >= 15 is 0 Å². The van der Waals surface area contributed by atoms with E-state index < -0.39 is 6.04 Å². The second kappa shape index (κ2) is 13.1. The van der Waals surface area contributed by atoms with Gasteiger partial charge < -0.3 is 15.0 Å². The lowest BCUT2D eigenvalue weighted by atomic mass is 10.0. The molecule has 0 fully saturated rings. The second-order valence-electron chi connectivity index (χ2n) is 9.48. The second-order valence-corrected chi connectivity index (χ2v) is 9.92. The van der Waals surface area contributed by atoms with Crippen molar-refractivity contribution in [1.82, 2.24) is 10.2 Å². The summed E-state index contributed by atoms with van der Waals surface area (Å²) in [7, 11) is 0. The Morgan fingerprint density at radius 1 is 0.944 bits per heavy atom. The zero-order valence-corrected chi connectivity index (χ0v) is 22.2. The summed E-state index contributed by atoms with van der Waals surface area (Å²) in [6.45, 7) is 8.65. The number of rotatable bonds is 11. The van der Waals surface area contributed by atoms with Crippen LogP contribution >= 0.6 is 11.6 Å². The van der Waals surface area contributed by atoms with Crippen LogP contribution in [0, 0.1) is 19.8 Å². The number of hydrogen-bond acceptors (Lipinski definition) is 3. The molecule has 0 aliphatic heterocycles. The largest absolute Gasteiger partial charge is 0.483 e. The molecule has 0 aliphatic carbocycles. The lowest BCUT2D eigenvalue weighted by molar-refractivity contribution is -0.142. The van der Waals surface area contributed by atoms with Gasteiger partial charge in [0.25, 0.3) is 5.91 Å². The molecular weight excluding hydrogens is 472 g/mol. The molecule has 0 radical (unpaired) electrons. The average Bonchev–Trinajstić information content (AvgIpc) is 2.86. The maximum Gasteiger partial charge on any atom is 0.261 e. The summed E-state index contributed by atoms with van der Waals surface area (Å²) >= 11 is 6.23. The number of amides is 2. The van der Waals surface area contributed by atoms with Crippen LogP contribution in [0.1, 0.15) is 36.1 Å². The highest BCUT2D eigenvalue weighted by Gasteiger charge is 2.31. The van der Waals surface area contributed by atoms with Gasteiger partial charge in [-0.3, -0.25) is 9.59 Å². The van der Waals surface area contributed by atoms with Gasteiger partial charge in [0.15, 0.2) is 6.61 Å². The molecule has 0 aromatic heterocycles. The lowest BCUT2D eigenvalue weighted by Crippen LogP contribution is -2.52. The number of carbonyl (C=O) groups excluding carboxylic acids is 2. The highest BCUT2D eigenvalue weighted by atomic mass is 35.5. The van der Waals surface area contributed by atoms with E-state index in [1.54, 1.807) is 11.0 Å². The third kappa shape index (κ3) is 7.85. The SMILES string of the molecule is Cc1cccc(OCC(=O)N(Cc2cccc(Cl)c2)[C@@H](Cc2ccccc2)C(=O)NCC(C)C)c1C. The van der Waals surface area contributed by atoms with Gasteiger partial charge in [-0.1, -0.05) is 80.0 Å². The first-order valence-corrected chi connectivity index (χ1v) is 12.7. The van der Waals surface area contributed by atoms with E-state index in [-0.39, 0.29) is 30.9 Å². The molecule has 0 heterocycles. The highest BCUT2D eigenvalue weighted by molar-refractivity contribution is 6.30. The number of nitrogens with one attached hydrogen (secondary N) is 1. The van der Waals surface area contributed by atoms with Gasteiger partial charge >= 0.3 is 0 Å². The number of nitrogens with zero attached hydrogens (tertiary/aromatic N) is 1. The monoisotopic (exact) mass is 506 g/mol. The summed E-state index contributed by atoms with van der Waals surface area (Å²) in [5.74, 6) is 0.497. The van der Waals surface area contributed by atoms with Gasteiger partial charge in [-0.05, 0) is 60.2 Å². The van der Waals surface area contributed by atoms with Crippen LogP contribution in [0.5, 0.6) is 5.75 Å². The topological polar surface area (TPSA) is 58.6 Å². The molecule has 190 valence electrons. The van der Waals surface area contributed by atoms with Crippen molar-refractivity contribution in [2.24, 2.45) is 5.92 Å². The van der Waals surface area contributed by atoms with Crippen LogP contribution in [0.4, 0.5) is 0 Å². The first kappa shape index (κ1) is 27.3. The van der Waals surface area contributed by atoms with Gasteiger partial charge in [-0.15, -0.1) is 0 Å². The minimum absolute atomic E-state index is 0.173. The Morgan fingerprint density at radius 2 is 1.64 bits per heavy atom. The maximum atomic E-state index is 13.7. The van der Waals surface area contributed by atoms with Crippen molar-refractivity contribution in [2.45, 2.75) is 46.7 Å². The number of aryl methyl sites for hydroxylation is 1. The molecule has 3 aromatic rings. The summed E-state index contributed by atoms with van der Waals surface area (Å²) in [4.78, 5) is 28.7. The minimum atomic E-state index is -0.708. The molecule has 0 aliphatic rings. The van der Waals surface area contributed by atoms with Gasteiger partial charge in [-0.25, -0.2) is 0 Å². The fraction of sp³-hybridized carbons (Fsp3) is 0.333. The van der Waals surface area contributed by atoms with Crippen LogP contribution in [0.2, 0.25) is 5.02 Å². The van der Waals surface area contributed by atoms with E-state index in [0.29, 0.717) is 23.7 Å². The van der Waals surface area contributed by atoms with E-state index in [2.05, 4.69) is 5.32 Å². The summed E-state index contributed by atoms with van der Waals surface area (Å²) in [6.07, 6.45) is 0.389. The maximum absolute atomic E-state index is 13.7. The lowest BCUT2D eigenvalue weighted by Gasteiger charge is -2.32. The number of ether oxygens (including phenoxy) is 1. The van der Waals surface area contributed by atoms with Crippen LogP contribution < -0.4 is 10.1 Å². The summed E-state index contributed by atoms with van der Waals surface area (Å²) < 4.78 is 5.95. The van der Waals surface area contributed by atoms with Gasteiger partial charge in [0, 0.05) is 24.5 Å². The molecule has 1 N–H and O–H groups in total. The molecule has 0 unspecified atom stereocenters. The fourth-order valence-corrected chi connectivity index (χ4v) is 4.12. The minimum Gasteiger partial charge on any atom is -0.483 e. The van der Waals surface area contributed by atoms with Gasteiger partial charge in [0.05, 0.1) is 0 Å². The number of hydrogen-bond donors (Lipinski definition) is 1. The summed E-state index contributed by atoms with van der Waals surface area (Å²) in [5.41, 5.74) is 3.90. The number of benzene rings is 3. The van der Waals surface area contributed by atoms with Crippen molar-refractivity contribution < 1.29 is 14.3 Å². The van der Waals surface area contributed by atoms with Crippen molar-refractivity contribution in [3.05, 3.63) is 100 Å². The van der Waals surface area contributed by atoms with Gasteiger partial charge in [0.2, 0.25) is 5.91 Å². The van der Waals surface area contributed by atoms with Gasteiger partial charge in [0.1, 0.15) is 11.8 Å². The number of halogens is 1. The van der Waals surface area contributed by atoms with Crippen molar-refractivity contribution in [3.63, 3.8) is 0 Å². The van der Waals surface area contributed by atoms with Crippen molar-refractivity contribution in [3.8, 4) is 5.75 Å². The Kier molecular flexibility index (Phi) is 9.95. The third-order valence-electron chi connectivity index (χ3n) is 6.10. The van der Waals surface area contributed by atoms with Gasteiger partial charge in [-0.2, -0.15) is 0 Å². The normalized spacial score (nSPS) is 11.7. The van der Waals surface area contributed by atoms with E-state index in [4.69, 9.17) is 16.3 Å². The van der Waals surface area contributed by atoms with Crippen molar-refractivity contribution in [2.75, 3.05) is 13.2 Å². The summed E-state index contributed by atoms with van der Waals surface area (Å²) in [5, 5.41) is 3.60. The molecule has 36 heavy (non-hydrogen) atoms. The molecule has 0 bridgehead atoms. The standard InChI is InChI=1S/C30H35ClN2O3/c1-21(2)18-32-30(35)27(17-24-11-6-5-7-12-24)33(19-25-13-9-14-26(31)16-25)29(34)20-36-28-15-8-10-22(3)23(28)4/h5-16,21,27H,17-20H2,1-4H3,(H,32,35)/t27-/m0/s1. The van der Waals surface area contributed by atoms with Crippen LogP contribution in [-0.2, 0) is 22.6 Å². The smallest absolute Gasteiger partial charge is 0.261 e. The molecule has 0 saturated heterocycles. The van der Waals surface area contributed by atoms with E-state index in [1.807, 2.05) is 94.4 Å². The summed E-state index contributed by atoms with van der Waals surface area (Å²) in [6, 6.07) is 22.2. The zero-order chi connectivity index (χ0) is 26.1. The Balaban J connectivity index is 1.92. The average molecular weight is 507 g/mol. The predicted octanol–water partition coefficient (Wildman–Crippen LogP) is 5.75. The predicted molar refractivity (Wildman–Crippen MR) is 145 cm³/mol. The fourth-order valence-electron chi connectivity index (χ4n) is 3.91. The molecular formula is C30H35ClN2O3. The Labute approximate surface area is 219 Å². The molecule has 3 aromatic carbocycles. The van der Waals surface area contributed by atoms with E-state index in [9.17, 15) is 9.59 Å². The van der Waals surface area contributed by atoms with E-state index in [0.717, 1.165) is 22.3 Å². The molecule has 1 atom stereocenters. The molecule has 2 amide bonds. The molecule has 6 heteroatoms. The Hall–Kier alpha value is -3.31. The van der Waals surface area contributed by atoms with E-state index in [1.165, 1.54) is 0 Å². The van der Waals surface area contributed by atoms with Crippen LogP contribution in [0.15, 0.2) is 72.8 Å². The molecule has 0 spiro atoms. The van der Waals surface area contributed by atoms with Crippen LogP contribution in [0.3, 0.4) is 0 Å². The van der Waals surface area contributed by atoms with Crippen LogP contribution in [-0.4, -0.2) is 35.9 Å². The van der Waals surface area contributed by atoms with Crippen LogP contribution in [0.25, 0.3) is 0 Å². The molecule has 3 rings (SSSR count). The van der Waals surface area contributed by atoms with Crippen molar-refractivity contribution in [1.29, 1.82) is 0 Å². The quantitative estimate of drug-likeness (QED) is 0.360. The first-order valence-electron chi connectivity index (χ1n) is 12.3. The Bertz CT molecular complexity index is 1160. The highest BCUT2D eigenvalue weighted by Crippen LogP contribution is 2.22. The van der Waals surface area contributed by atoms with Crippen molar-refractivity contribution >= 4 is 23.4 Å².